The molecule has 0 fully saturated rings. The van der Waals surface area contributed by atoms with Gasteiger partial charge in [-0.3, -0.25) is 0 Å². The average molecular weight is 824 g/mol. The molecule has 4 heterocycles. The number of hydrogen-bond donors (Lipinski definition) is 0. The van der Waals surface area contributed by atoms with E-state index in [0.717, 1.165) is 94.0 Å². The lowest BCUT2D eigenvalue weighted by Gasteiger charge is -2.39. The number of benzene rings is 8. The number of nitrogens with zero attached hydrogens (tertiary/aromatic N) is 5. The molecular formula is C56H33N5OS. The van der Waals surface area contributed by atoms with Gasteiger partial charge in [0.05, 0.1) is 21.3 Å². The van der Waals surface area contributed by atoms with Gasteiger partial charge in [-0.25, -0.2) is 24.9 Å². The van der Waals surface area contributed by atoms with E-state index in [9.17, 15) is 0 Å². The van der Waals surface area contributed by atoms with E-state index in [-0.39, 0.29) is 0 Å². The summed E-state index contributed by atoms with van der Waals surface area (Å²) in [5.74, 6) is 4.13. The van der Waals surface area contributed by atoms with Gasteiger partial charge in [-0.1, -0.05) is 176 Å². The second-order valence-corrected chi connectivity index (χ2v) is 17.0. The summed E-state index contributed by atoms with van der Waals surface area (Å²) in [6.07, 6.45) is 0. The van der Waals surface area contributed by atoms with Gasteiger partial charge in [0.15, 0.2) is 23.3 Å². The number of thiophene rings is 1. The van der Waals surface area contributed by atoms with Crippen LogP contribution in [-0.4, -0.2) is 24.9 Å². The van der Waals surface area contributed by atoms with Crippen molar-refractivity contribution in [2.45, 2.75) is 5.41 Å². The molecule has 6 nitrogen and oxygen atoms in total. The van der Waals surface area contributed by atoms with Crippen LogP contribution in [0.2, 0.25) is 0 Å². The minimum absolute atomic E-state index is 0.593. The molecule has 13 rings (SSSR count). The van der Waals surface area contributed by atoms with Crippen LogP contribution < -0.4 is 4.74 Å². The molecule has 0 saturated heterocycles. The van der Waals surface area contributed by atoms with Crippen LogP contribution in [0, 0.1) is 0 Å². The lowest BCUT2D eigenvalue weighted by molar-refractivity contribution is 0.436. The first-order valence-electron chi connectivity index (χ1n) is 21.0. The van der Waals surface area contributed by atoms with Crippen LogP contribution in [0.5, 0.6) is 11.5 Å². The predicted octanol–water partition coefficient (Wildman–Crippen LogP) is 13.8. The Hall–Kier alpha value is -8.13. The van der Waals surface area contributed by atoms with Gasteiger partial charge in [0.25, 0.3) is 0 Å². The largest absolute Gasteiger partial charge is 0.457 e. The molecule has 0 bridgehead atoms. The monoisotopic (exact) mass is 823 g/mol. The number of ether oxygens (including phenoxy) is 1. The number of fused-ring (bicyclic) bond motifs is 12. The maximum absolute atomic E-state index is 6.70. The van der Waals surface area contributed by atoms with Gasteiger partial charge in [0.2, 0.25) is 0 Å². The Kier molecular flexibility index (Phi) is 7.89. The third-order valence-corrected chi connectivity index (χ3v) is 13.6. The Labute approximate surface area is 366 Å². The zero-order valence-corrected chi connectivity index (χ0v) is 34.4. The molecule has 3 aromatic heterocycles. The minimum atomic E-state index is -0.717. The van der Waals surface area contributed by atoms with Crippen molar-refractivity contribution >= 4 is 31.6 Å². The van der Waals surface area contributed by atoms with E-state index in [1.165, 1.54) is 4.70 Å². The summed E-state index contributed by atoms with van der Waals surface area (Å²) in [6.45, 7) is 0. The number of para-hydroxylation sites is 2. The van der Waals surface area contributed by atoms with Gasteiger partial charge in [-0.2, -0.15) is 0 Å². The van der Waals surface area contributed by atoms with E-state index in [0.29, 0.717) is 23.3 Å². The van der Waals surface area contributed by atoms with Gasteiger partial charge in [-0.15, -0.1) is 11.3 Å². The molecule has 1 aliphatic carbocycles. The summed E-state index contributed by atoms with van der Waals surface area (Å²) < 4.78 is 8.96. The maximum Gasteiger partial charge on any atom is 0.164 e. The fourth-order valence-electron chi connectivity index (χ4n) is 9.72. The van der Waals surface area contributed by atoms with Crippen molar-refractivity contribution in [2.24, 2.45) is 0 Å². The summed E-state index contributed by atoms with van der Waals surface area (Å²) in [7, 11) is 0. The van der Waals surface area contributed by atoms with Crippen molar-refractivity contribution in [1.29, 1.82) is 0 Å². The van der Waals surface area contributed by atoms with Crippen molar-refractivity contribution in [2.75, 3.05) is 0 Å². The number of rotatable bonds is 5. The summed E-state index contributed by atoms with van der Waals surface area (Å²) in [5, 5.41) is 1.12. The molecule has 7 heteroatoms. The van der Waals surface area contributed by atoms with Crippen molar-refractivity contribution < 1.29 is 4.74 Å². The lowest BCUT2D eigenvalue weighted by Crippen LogP contribution is -2.32. The fourth-order valence-corrected chi connectivity index (χ4v) is 10.9. The predicted molar refractivity (Wildman–Crippen MR) is 253 cm³/mol. The van der Waals surface area contributed by atoms with E-state index in [4.69, 9.17) is 29.7 Å². The molecule has 1 aliphatic heterocycles. The molecule has 294 valence electrons. The SMILES string of the molecule is c1ccc(-c2nc(-c3ccccc3)nc(-c3cccc4c3-c3cc(-c5nc(-c6ccccc6)c6sc7ccccc7c6n5)ccc3C43c4ccccc4Oc4ccccc43)n2)cc1. The molecule has 63 heavy (non-hydrogen) atoms. The van der Waals surface area contributed by atoms with Crippen molar-refractivity contribution in [3.63, 3.8) is 0 Å². The van der Waals surface area contributed by atoms with Gasteiger partial charge in [-0.05, 0) is 46.5 Å². The number of hydrogen-bond acceptors (Lipinski definition) is 7. The highest BCUT2D eigenvalue weighted by atomic mass is 32.1. The van der Waals surface area contributed by atoms with Crippen LogP contribution in [0.4, 0.5) is 0 Å². The quantitative estimate of drug-likeness (QED) is 0.172. The van der Waals surface area contributed by atoms with Crippen molar-refractivity contribution in [3.8, 4) is 79.4 Å². The molecule has 0 N–H and O–H groups in total. The molecule has 1 spiro atoms. The maximum atomic E-state index is 6.70. The van der Waals surface area contributed by atoms with Gasteiger partial charge < -0.3 is 4.74 Å². The summed E-state index contributed by atoms with van der Waals surface area (Å²) in [5.41, 5.74) is 12.4. The van der Waals surface area contributed by atoms with Crippen LogP contribution >= 0.6 is 11.3 Å². The van der Waals surface area contributed by atoms with Crippen LogP contribution in [0.3, 0.4) is 0 Å². The molecule has 8 aromatic carbocycles. The molecule has 0 saturated carbocycles. The van der Waals surface area contributed by atoms with E-state index in [1.54, 1.807) is 11.3 Å². The van der Waals surface area contributed by atoms with Crippen LogP contribution in [-0.2, 0) is 5.41 Å². The van der Waals surface area contributed by atoms with Crippen molar-refractivity contribution in [3.05, 3.63) is 222 Å². The first-order chi connectivity index (χ1) is 31.2. The zero-order valence-electron chi connectivity index (χ0n) is 33.6. The summed E-state index contributed by atoms with van der Waals surface area (Å²) in [6, 6.07) is 69.4. The second kappa shape index (κ2) is 14.0. The lowest BCUT2D eigenvalue weighted by atomic mass is 9.66. The summed E-state index contributed by atoms with van der Waals surface area (Å²) in [4.78, 5) is 26.4. The highest BCUT2D eigenvalue weighted by Gasteiger charge is 2.52. The average Bonchev–Trinajstić information content (AvgIpc) is 3.88. The molecule has 0 atom stereocenters. The smallest absolute Gasteiger partial charge is 0.164 e. The fraction of sp³-hybridized carbons (Fsp3) is 0.0179. The molecule has 0 radical (unpaired) electrons. The van der Waals surface area contributed by atoms with Gasteiger partial charge in [0, 0.05) is 49.0 Å². The molecular weight excluding hydrogens is 791 g/mol. The second-order valence-electron chi connectivity index (χ2n) is 15.9. The minimum Gasteiger partial charge on any atom is -0.457 e. The third kappa shape index (κ3) is 5.40. The molecule has 11 aromatic rings. The van der Waals surface area contributed by atoms with E-state index in [1.807, 2.05) is 78.9 Å². The Morgan fingerprint density at radius 1 is 0.381 bits per heavy atom. The first kappa shape index (κ1) is 35.6. The first-order valence-corrected chi connectivity index (χ1v) is 21.8. The Morgan fingerprint density at radius 2 is 0.937 bits per heavy atom. The van der Waals surface area contributed by atoms with Crippen LogP contribution in [0.25, 0.3) is 88.2 Å². The third-order valence-electron chi connectivity index (χ3n) is 12.4. The highest BCUT2D eigenvalue weighted by Crippen LogP contribution is 2.63. The zero-order chi connectivity index (χ0) is 41.5. The van der Waals surface area contributed by atoms with E-state index >= 15 is 0 Å². The Bertz CT molecular complexity index is 3500. The highest BCUT2D eigenvalue weighted by molar-refractivity contribution is 7.26. The van der Waals surface area contributed by atoms with Gasteiger partial charge >= 0.3 is 0 Å². The van der Waals surface area contributed by atoms with Crippen molar-refractivity contribution in [1.82, 2.24) is 24.9 Å². The van der Waals surface area contributed by atoms with E-state index < -0.39 is 5.41 Å². The normalized spacial score (nSPS) is 13.0. The van der Waals surface area contributed by atoms with E-state index in [2.05, 4.69) is 121 Å². The van der Waals surface area contributed by atoms with Crippen LogP contribution in [0.15, 0.2) is 200 Å². The summed E-state index contributed by atoms with van der Waals surface area (Å²) >= 11 is 1.74. The molecule has 0 unspecified atom stereocenters. The molecule has 2 aliphatic rings. The standard InChI is InChI=1S/C56H33N5OS/c1-4-17-34(18-5-1)49-51-50(38-23-10-15-30-47(38)63-51)58-54(57-49)37-31-32-41-40(33-37)48-39(55-60-52(35-19-6-2-7-20-35)59-53(61-55)36-21-8-3-9-22-36)24-16-27-44(48)56(41)42-25-11-13-28-45(42)62-46-29-14-12-26-43(46)56/h1-33H. The topological polar surface area (TPSA) is 73.7 Å². The van der Waals surface area contributed by atoms with Crippen LogP contribution in [0.1, 0.15) is 22.3 Å². The Morgan fingerprint density at radius 3 is 1.62 bits per heavy atom. The number of aromatic nitrogens is 5. The van der Waals surface area contributed by atoms with Gasteiger partial charge in [0.1, 0.15) is 11.5 Å². The molecule has 0 amide bonds. The Balaban J connectivity index is 1.12.